The Morgan fingerprint density at radius 2 is 2.05 bits per heavy atom. The van der Waals surface area contributed by atoms with Crippen LogP contribution in [0.15, 0.2) is 40.9 Å². The first-order chi connectivity index (χ1) is 17.7. The maximum absolute atomic E-state index is 13.0. The highest BCUT2D eigenvalue weighted by atomic mass is 127. The summed E-state index contributed by atoms with van der Waals surface area (Å²) in [6, 6.07) is 8.67. The van der Waals surface area contributed by atoms with E-state index in [0.717, 1.165) is 50.7 Å². The summed E-state index contributed by atoms with van der Waals surface area (Å²) in [6.07, 6.45) is -1.50. The first-order valence-electron chi connectivity index (χ1n) is 12.0. The fraction of sp³-hybridized carbons (Fsp3) is 0.440. The molecule has 5 rings (SSSR count). The van der Waals surface area contributed by atoms with Crippen molar-refractivity contribution in [1.82, 2.24) is 19.7 Å². The summed E-state index contributed by atoms with van der Waals surface area (Å²) in [4.78, 5) is 24.4. The summed E-state index contributed by atoms with van der Waals surface area (Å²) in [5.41, 5.74) is 2.23. The van der Waals surface area contributed by atoms with Crippen LogP contribution in [0, 0.1) is 10.5 Å². The third-order valence-corrected chi connectivity index (χ3v) is 8.52. The van der Waals surface area contributed by atoms with Gasteiger partial charge in [-0.15, -0.1) is 11.3 Å². The van der Waals surface area contributed by atoms with Crippen LogP contribution in [0.2, 0.25) is 0 Å². The molecule has 2 aliphatic rings. The monoisotopic (exact) mass is 643 g/mol. The number of piperidine rings is 1. The summed E-state index contributed by atoms with van der Waals surface area (Å²) < 4.78 is 41.4. The lowest BCUT2D eigenvalue weighted by atomic mass is 9.96. The molecule has 2 aliphatic heterocycles. The summed E-state index contributed by atoms with van der Waals surface area (Å²) in [5.74, 6) is 0.264. The molecule has 12 heteroatoms. The van der Waals surface area contributed by atoms with Gasteiger partial charge in [-0.05, 0) is 79.2 Å². The number of aromatic nitrogens is 3. The van der Waals surface area contributed by atoms with Crippen LogP contribution in [0.4, 0.5) is 13.2 Å². The number of oxime groups is 1. The molecule has 0 bridgehead atoms. The molecule has 0 amide bonds. The van der Waals surface area contributed by atoms with Crippen molar-refractivity contribution in [3.63, 3.8) is 0 Å². The molecular formula is C25H25F3IN5O2S. The summed E-state index contributed by atoms with van der Waals surface area (Å²) in [6.45, 7) is 2.99. The van der Waals surface area contributed by atoms with E-state index in [-0.39, 0.29) is 18.6 Å². The van der Waals surface area contributed by atoms with Crippen LogP contribution in [0.5, 0.6) is 0 Å². The number of benzene rings is 1. The Morgan fingerprint density at radius 3 is 2.73 bits per heavy atom. The molecule has 37 heavy (non-hydrogen) atoms. The van der Waals surface area contributed by atoms with Crippen LogP contribution in [-0.2, 0) is 22.4 Å². The minimum atomic E-state index is -4.50. The molecule has 0 N–H and O–H groups in total. The van der Waals surface area contributed by atoms with Gasteiger partial charge in [0.05, 0.1) is 23.3 Å². The van der Waals surface area contributed by atoms with Gasteiger partial charge in [0.2, 0.25) is 0 Å². The number of alkyl halides is 3. The Kier molecular flexibility index (Phi) is 7.68. The molecule has 1 saturated heterocycles. The zero-order chi connectivity index (χ0) is 26.2. The lowest BCUT2D eigenvalue weighted by Crippen LogP contribution is -2.44. The highest BCUT2D eigenvalue weighted by Crippen LogP contribution is 2.34. The van der Waals surface area contributed by atoms with Crippen LogP contribution < -0.4 is 0 Å². The van der Waals surface area contributed by atoms with Gasteiger partial charge < -0.3 is 9.63 Å². The van der Waals surface area contributed by atoms with Gasteiger partial charge in [-0.25, -0.2) is 4.98 Å². The van der Waals surface area contributed by atoms with Crippen LogP contribution in [0.3, 0.4) is 0 Å². The second-order valence-corrected chi connectivity index (χ2v) is 11.5. The number of hydrogen-bond acceptors (Lipinski definition) is 7. The van der Waals surface area contributed by atoms with E-state index in [4.69, 9.17) is 9.82 Å². The summed E-state index contributed by atoms with van der Waals surface area (Å²) in [5, 5.41) is 11.0. The third-order valence-electron chi connectivity index (χ3n) is 6.84. The zero-order valence-corrected chi connectivity index (χ0v) is 23.0. The molecule has 1 fully saturated rings. The van der Waals surface area contributed by atoms with Gasteiger partial charge in [0.25, 0.3) is 0 Å². The molecule has 2 aromatic heterocycles. The van der Waals surface area contributed by atoms with Crippen molar-refractivity contribution in [3.8, 4) is 0 Å². The normalized spacial score (nSPS) is 20.0. The van der Waals surface area contributed by atoms with Crippen molar-refractivity contribution >= 4 is 45.9 Å². The highest BCUT2D eigenvalue weighted by molar-refractivity contribution is 14.1. The summed E-state index contributed by atoms with van der Waals surface area (Å²) >= 11 is 3.89. The minimum absolute atomic E-state index is 0.0962. The molecule has 0 aliphatic carbocycles. The zero-order valence-electron chi connectivity index (χ0n) is 20.0. The molecule has 4 heterocycles. The van der Waals surface area contributed by atoms with E-state index in [9.17, 15) is 18.0 Å². The van der Waals surface area contributed by atoms with Crippen LogP contribution in [0.1, 0.15) is 58.9 Å². The smallest absolute Gasteiger partial charge is 0.387 e. The van der Waals surface area contributed by atoms with Crippen molar-refractivity contribution in [1.29, 1.82) is 0 Å². The van der Waals surface area contributed by atoms with E-state index < -0.39 is 17.9 Å². The number of halogens is 4. The van der Waals surface area contributed by atoms with E-state index in [1.165, 1.54) is 4.68 Å². The van der Waals surface area contributed by atoms with Gasteiger partial charge >= 0.3 is 6.18 Å². The number of hydrogen-bond donors (Lipinski definition) is 0. The Hall–Kier alpha value is -2.32. The number of carbonyl (C=O) groups excluding carboxylic acids is 1. The van der Waals surface area contributed by atoms with E-state index in [1.807, 2.05) is 28.5 Å². The predicted molar refractivity (Wildman–Crippen MR) is 142 cm³/mol. The number of aryl methyl sites for hydroxylation is 1. The molecule has 3 aromatic rings. The molecule has 0 spiro atoms. The number of aldehydes is 1. The third kappa shape index (κ3) is 5.90. The van der Waals surface area contributed by atoms with E-state index in [2.05, 4.69) is 38.9 Å². The Bertz CT molecular complexity index is 1300. The van der Waals surface area contributed by atoms with Gasteiger partial charge in [-0.2, -0.15) is 18.3 Å². The molecule has 2 atom stereocenters. The van der Waals surface area contributed by atoms with Gasteiger partial charge in [-0.3, -0.25) is 9.58 Å². The first kappa shape index (κ1) is 26.3. The number of thiazole rings is 1. The van der Waals surface area contributed by atoms with Crippen LogP contribution in [-0.4, -0.2) is 50.8 Å². The first-order valence-corrected chi connectivity index (χ1v) is 13.9. The Labute approximate surface area is 229 Å². The van der Waals surface area contributed by atoms with E-state index in [1.54, 1.807) is 18.3 Å². The fourth-order valence-electron chi connectivity index (χ4n) is 4.76. The Morgan fingerprint density at radius 1 is 1.27 bits per heavy atom. The molecule has 7 nitrogen and oxygen atoms in total. The topological polar surface area (TPSA) is 72.6 Å². The van der Waals surface area contributed by atoms with Crippen LogP contribution >= 0.6 is 33.9 Å². The summed E-state index contributed by atoms with van der Waals surface area (Å²) in [7, 11) is 0. The average Bonchev–Trinajstić information content (AvgIpc) is 3.62. The van der Waals surface area contributed by atoms with Crippen molar-refractivity contribution in [3.05, 3.63) is 66.9 Å². The molecule has 196 valence electrons. The predicted octanol–water partition coefficient (Wildman–Crippen LogP) is 5.58. The van der Waals surface area contributed by atoms with Gasteiger partial charge in [-0.1, -0.05) is 17.3 Å². The van der Waals surface area contributed by atoms with Crippen molar-refractivity contribution in [2.45, 2.75) is 57.0 Å². The van der Waals surface area contributed by atoms with Crippen molar-refractivity contribution < 1.29 is 22.8 Å². The number of carbonyl (C=O) groups is 1. The quantitative estimate of drug-likeness (QED) is 0.248. The minimum Gasteiger partial charge on any atom is -0.387 e. The van der Waals surface area contributed by atoms with Gasteiger partial charge in [0.1, 0.15) is 12.0 Å². The molecule has 0 saturated carbocycles. The van der Waals surface area contributed by atoms with Crippen LogP contribution in [0.25, 0.3) is 0 Å². The van der Waals surface area contributed by atoms with Crippen molar-refractivity contribution in [2.24, 2.45) is 5.16 Å². The van der Waals surface area contributed by atoms with E-state index >= 15 is 0 Å². The maximum Gasteiger partial charge on any atom is 0.435 e. The highest BCUT2D eigenvalue weighted by Gasteiger charge is 2.35. The average molecular weight is 643 g/mol. The second kappa shape index (κ2) is 10.8. The number of likely N-dealkylation sites (tertiary alicyclic amines) is 1. The largest absolute Gasteiger partial charge is 0.435 e. The molecule has 0 radical (unpaired) electrons. The SMILES string of the molecule is Cc1cc(C(F)(F)F)nn1CC(C=O)N1CCC(c2nc(C3=NOC(c4cccc(I)c4)C3)cs2)CC1. The van der Waals surface area contributed by atoms with Gasteiger partial charge in [0, 0.05) is 27.0 Å². The molecule has 2 unspecified atom stereocenters. The number of rotatable bonds is 7. The maximum atomic E-state index is 13.0. The van der Waals surface area contributed by atoms with Crippen molar-refractivity contribution in [2.75, 3.05) is 13.1 Å². The lowest BCUT2D eigenvalue weighted by molar-refractivity contribution is -0.141. The Balaban J connectivity index is 1.17. The number of nitrogens with zero attached hydrogens (tertiary/aromatic N) is 5. The van der Waals surface area contributed by atoms with Gasteiger partial charge in [0.15, 0.2) is 11.8 Å². The molecular weight excluding hydrogens is 618 g/mol. The van der Waals surface area contributed by atoms with E-state index in [0.29, 0.717) is 25.2 Å². The molecule has 1 aromatic carbocycles. The lowest BCUT2D eigenvalue weighted by Gasteiger charge is -2.34. The standard InChI is InChI=1S/C25H25F3IN5O2S/c1-15-9-23(25(26,27)28)31-34(15)12-19(13-35)33-7-5-16(6-8-33)24-30-21(14-37-24)20-11-22(36-32-20)17-3-2-4-18(29)10-17/h2-4,9-10,13-14,16,19,22H,5-8,11-12H2,1H3. The second-order valence-electron chi connectivity index (χ2n) is 9.33. The fourth-order valence-corrected chi connectivity index (χ4v) is 6.32.